The highest BCUT2D eigenvalue weighted by molar-refractivity contribution is 5.25. The zero-order valence-electron chi connectivity index (χ0n) is 22.0. The van der Waals surface area contributed by atoms with Gasteiger partial charge in [-0.3, -0.25) is 4.84 Å². The van der Waals surface area contributed by atoms with Gasteiger partial charge in [-0.05, 0) is 98.4 Å². The summed E-state index contributed by atoms with van der Waals surface area (Å²) >= 11 is 0. The molecule has 7 unspecified atom stereocenters. The van der Waals surface area contributed by atoms with Crippen LogP contribution in [0.5, 0.6) is 0 Å². The van der Waals surface area contributed by atoms with Crippen LogP contribution in [0.1, 0.15) is 85.0 Å². The average Bonchev–Trinajstić information content (AvgIpc) is 2.92. The molecule has 7 atom stereocenters. The topological polar surface area (TPSA) is 106 Å². The molecule has 6 heteroatoms. The molecule has 196 valence electrons. The zero-order valence-corrected chi connectivity index (χ0v) is 22.0. The molecule has 0 amide bonds. The van der Waals surface area contributed by atoms with Gasteiger partial charge in [-0.1, -0.05) is 56.7 Å². The Morgan fingerprint density at radius 3 is 1.89 bits per heavy atom. The third kappa shape index (κ3) is 5.47. The molecule has 0 aliphatic heterocycles. The highest BCUT2D eigenvalue weighted by Gasteiger charge is 2.46. The van der Waals surface area contributed by atoms with E-state index < -0.39 is 0 Å². The van der Waals surface area contributed by atoms with Crippen LogP contribution in [-0.2, 0) is 14.5 Å². The number of hydrogen-bond acceptors (Lipinski definition) is 6. The summed E-state index contributed by atoms with van der Waals surface area (Å²) in [6.07, 6.45) is 25.1. The van der Waals surface area contributed by atoms with Gasteiger partial charge in [0.1, 0.15) is 5.76 Å². The maximum Gasteiger partial charge on any atom is 0.119 e. The van der Waals surface area contributed by atoms with Crippen molar-refractivity contribution in [1.29, 1.82) is 0 Å². The summed E-state index contributed by atoms with van der Waals surface area (Å²) in [6.45, 7) is 7.40. The Labute approximate surface area is 211 Å². The number of nitrogens with two attached hydrogens (primary N) is 3. The summed E-state index contributed by atoms with van der Waals surface area (Å²) in [6, 6.07) is 0. The molecule has 0 aromatic rings. The van der Waals surface area contributed by atoms with Crippen LogP contribution in [0.15, 0.2) is 47.8 Å². The van der Waals surface area contributed by atoms with Crippen molar-refractivity contribution in [2.24, 2.45) is 52.2 Å². The van der Waals surface area contributed by atoms with Gasteiger partial charge in [0.05, 0.1) is 12.2 Å². The first kappa shape index (κ1) is 26.6. The van der Waals surface area contributed by atoms with Crippen molar-refractivity contribution >= 4 is 0 Å². The molecule has 6 nitrogen and oxygen atoms in total. The highest BCUT2D eigenvalue weighted by Crippen LogP contribution is 2.55. The minimum Gasteiger partial charge on any atom is -0.416 e. The van der Waals surface area contributed by atoms with E-state index in [2.05, 4.69) is 57.2 Å². The van der Waals surface area contributed by atoms with E-state index in [1.54, 1.807) is 5.57 Å². The van der Waals surface area contributed by atoms with Gasteiger partial charge >= 0.3 is 0 Å². The third-order valence-corrected chi connectivity index (χ3v) is 10.2. The quantitative estimate of drug-likeness (QED) is 0.298. The third-order valence-electron chi connectivity index (χ3n) is 10.2. The lowest BCUT2D eigenvalue weighted by atomic mass is 9.55. The average molecular weight is 486 g/mol. The second-order valence-corrected chi connectivity index (χ2v) is 12.0. The van der Waals surface area contributed by atoms with E-state index in [-0.39, 0.29) is 23.0 Å². The Bertz CT molecular complexity index is 848. The standard InChI is InChI=1S/C29H47N3O3/c1-28(2,21-8-14-25(33-30)15-9-21)20-4-6-22(7-5-20)29(3,23-10-16-26(34-31)17-11-23)24-12-18-27(35-32)19-13-24/h4,6,8,10,14,18,20-22,24-26H,5,7,9,11-13,15-17,19,30-32H2,1-3H3. The SMILES string of the molecule is CC(C)(C1C=CC(ON)CC1)C1C=CC(C(C)(C2=CCC(ON)CC2)C2CC=C(ON)CC2)CC1. The van der Waals surface area contributed by atoms with E-state index in [1.165, 1.54) is 12.8 Å². The normalized spacial score (nSPS) is 35.7. The smallest absolute Gasteiger partial charge is 0.119 e. The van der Waals surface area contributed by atoms with Crippen molar-refractivity contribution in [2.75, 3.05) is 0 Å². The van der Waals surface area contributed by atoms with Gasteiger partial charge in [-0.15, -0.1) is 0 Å². The maximum atomic E-state index is 5.52. The Hall–Kier alpha value is -1.44. The summed E-state index contributed by atoms with van der Waals surface area (Å²) in [5.41, 5.74) is 1.93. The first-order chi connectivity index (χ1) is 16.8. The molecule has 6 N–H and O–H groups in total. The van der Waals surface area contributed by atoms with E-state index in [0.29, 0.717) is 23.7 Å². The summed E-state index contributed by atoms with van der Waals surface area (Å²) in [7, 11) is 0. The summed E-state index contributed by atoms with van der Waals surface area (Å²) < 4.78 is 0. The van der Waals surface area contributed by atoms with E-state index in [4.69, 9.17) is 32.2 Å². The highest BCUT2D eigenvalue weighted by atomic mass is 16.6. The van der Waals surface area contributed by atoms with Gasteiger partial charge < -0.3 is 9.68 Å². The lowest BCUT2D eigenvalue weighted by molar-refractivity contribution is 0.0381. The predicted octanol–water partition coefficient (Wildman–Crippen LogP) is 5.77. The van der Waals surface area contributed by atoms with E-state index >= 15 is 0 Å². The molecule has 0 fully saturated rings. The molecular formula is C29H47N3O3. The zero-order chi connectivity index (χ0) is 25.1. The molecular weight excluding hydrogens is 438 g/mol. The van der Waals surface area contributed by atoms with Crippen molar-refractivity contribution in [3.63, 3.8) is 0 Å². The lowest BCUT2D eigenvalue weighted by Gasteiger charge is -2.50. The Morgan fingerprint density at radius 2 is 1.40 bits per heavy atom. The van der Waals surface area contributed by atoms with Gasteiger partial charge in [0.25, 0.3) is 0 Å². The first-order valence-corrected chi connectivity index (χ1v) is 13.7. The lowest BCUT2D eigenvalue weighted by Crippen LogP contribution is -2.41. The van der Waals surface area contributed by atoms with Crippen LogP contribution in [0, 0.1) is 34.5 Å². The largest absolute Gasteiger partial charge is 0.416 e. The van der Waals surface area contributed by atoms with Crippen molar-refractivity contribution in [1.82, 2.24) is 0 Å². The molecule has 0 aromatic heterocycles. The van der Waals surface area contributed by atoms with Crippen molar-refractivity contribution < 1.29 is 14.5 Å². The van der Waals surface area contributed by atoms with Crippen molar-refractivity contribution in [3.8, 4) is 0 Å². The fraction of sp³-hybridized carbons (Fsp3) is 0.724. The van der Waals surface area contributed by atoms with Gasteiger partial charge in [0.2, 0.25) is 0 Å². The van der Waals surface area contributed by atoms with Crippen LogP contribution in [0.4, 0.5) is 0 Å². The molecule has 0 saturated carbocycles. The van der Waals surface area contributed by atoms with Crippen molar-refractivity contribution in [2.45, 2.75) is 97.2 Å². The van der Waals surface area contributed by atoms with Crippen LogP contribution < -0.4 is 17.7 Å². The minimum absolute atomic E-state index is 0.0665. The molecule has 0 spiro atoms. The molecule has 0 saturated heterocycles. The van der Waals surface area contributed by atoms with Gasteiger partial charge in [0.15, 0.2) is 0 Å². The van der Waals surface area contributed by atoms with Crippen LogP contribution in [-0.4, -0.2) is 12.2 Å². The molecule has 0 heterocycles. The Kier molecular flexibility index (Phi) is 8.60. The van der Waals surface area contributed by atoms with E-state index in [0.717, 1.165) is 57.1 Å². The van der Waals surface area contributed by atoms with E-state index in [1.807, 2.05) is 0 Å². The summed E-state index contributed by atoms with van der Waals surface area (Å²) in [5.74, 6) is 19.6. The Morgan fingerprint density at radius 1 is 0.714 bits per heavy atom. The molecule has 35 heavy (non-hydrogen) atoms. The molecule has 0 bridgehead atoms. The second-order valence-electron chi connectivity index (χ2n) is 12.0. The fourth-order valence-corrected chi connectivity index (χ4v) is 7.43. The van der Waals surface area contributed by atoms with Gasteiger partial charge in [-0.2, -0.15) is 5.90 Å². The summed E-state index contributed by atoms with van der Waals surface area (Å²) in [4.78, 5) is 15.3. The van der Waals surface area contributed by atoms with E-state index in [9.17, 15) is 0 Å². The van der Waals surface area contributed by atoms with Gasteiger partial charge in [0, 0.05) is 6.42 Å². The number of rotatable bonds is 8. The van der Waals surface area contributed by atoms with Crippen LogP contribution in [0.2, 0.25) is 0 Å². The monoisotopic (exact) mass is 485 g/mol. The van der Waals surface area contributed by atoms with Crippen LogP contribution in [0.3, 0.4) is 0 Å². The first-order valence-electron chi connectivity index (χ1n) is 13.7. The molecule has 4 aliphatic rings. The van der Waals surface area contributed by atoms with Crippen LogP contribution in [0.25, 0.3) is 0 Å². The summed E-state index contributed by atoms with van der Waals surface area (Å²) in [5, 5.41) is 0. The number of allylic oxidation sites excluding steroid dienone is 6. The predicted molar refractivity (Wildman–Crippen MR) is 140 cm³/mol. The maximum absolute atomic E-state index is 5.52. The van der Waals surface area contributed by atoms with Crippen molar-refractivity contribution in [3.05, 3.63) is 47.8 Å². The Balaban J connectivity index is 1.55. The molecule has 4 rings (SSSR count). The molecule has 4 aliphatic carbocycles. The number of hydrogen-bond donors (Lipinski definition) is 3. The van der Waals surface area contributed by atoms with Gasteiger partial charge in [-0.25, -0.2) is 11.8 Å². The van der Waals surface area contributed by atoms with Crippen LogP contribution >= 0.6 is 0 Å². The minimum atomic E-state index is 0.0665. The molecule has 0 radical (unpaired) electrons. The fourth-order valence-electron chi connectivity index (χ4n) is 7.43. The second kappa shape index (κ2) is 11.3. The molecule has 0 aromatic carbocycles.